The molecule has 9 nitrogen and oxygen atoms in total. The average molecular weight is 462 g/mol. The summed E-state index contributed by atoms with van der Waals surface area (Å²) in [4.78, 5) is 13.4. The van der Waals surface area contributed by atoms with Crippen molar-refractivity contribution in [3.8, 4) is 11.5 Å². The summed E-state index contributed by atoms with van der Waals surface area (Å²) in [7, 11) is -0.572. The number of hydrogen-bond donors (Lipinski definition) is 0. The first-order chi connectivity index (χ1) is 15.4. The maximum absolute atomic E-state index is 12.9. The van der Waals surface area contributed by atoms with Crippen LogP contribution in [0.25, 0.3) is 0 Å². The largest absolute Gasteiger partial charge is 0.497 e. The molecule has 2 aliphatic heterocycles. The molecule has 0 unspecified atom stereocenters. The second kappa shape index (κ2) is 8.95. The summed E-state index contributed by atoms with van der Waals surface area (Å²) in [5.74, 6) is 1.35. The Balaban J connectivity index is 1.75. The Labute approximate surface area is 187 Å². The predicted molar refractivity (Wildman–Crippen MR) is 120 cm³/mol. The van der Waals surface area contributed by atoms with Crippen molar-refractivity contribution >= 4 is 21.4 Å². The minimum atomic E-state index is -3.75. The predicted octanol–water partition coefficient (Wildman–Crippen LogP) is 3.74. The van der Waals surface area contributed by atoms with Gasteiger partial charge in [0.05, 0.1) is 30.1 Å². The highest BCUT2D eigenvalue weighted by Gasteiger charge is 2.35. The van der Waals surface area contributed by atoms with Crippen LogP contribution in [0.1, 0.15) is 37.3 Å². The summed E-state index contributed by atoms with van der Waals surface area (Å²) in [6.07, 6.45) is 3.24. The zero-order chi connectivity index (χ0) is 22.9. The fourth-order valence-electron chi connectivity index (χ4n) is 4.61. The Bertz CT molecular complexity index is 1110. The van der Waals surface area contributed by atoms with Gasteiger partial charge in [-0.25, -0.2) is 8.42 Å². The summed E-state index contributed by atoms with van der Waals surface area (Å²) in [5.41, 5.74) is 1.08. The molecule has 10 heteroatoms. The molecule has 0 bridgehead atoms. The van der Waals surface area contributed by atoms with E-state index in [2.05, 4.69) is 0 Å². The molecule has 0 N–H and O–H groups in total. The van der Waals surface area contributed by atoms with Gasteiger partial charge in [0, 0.05) is 31.3 Å². The van der Waals surface area contributed by atoms with Gasteiger partial charge in [-0.15, -0.1) is 0 Å². The van der Waals surface area contributed by atoms with Crippen LogP contribution in [0.15, 0.2) is 41.3 Å². The monoisotopic (exact) mass is 461 g/mol. The van der Waals surface area contributed by atoms with Crippen molar-refractivity contribution in [1.29, 1.82) is 0 Å². The molecule has 0 spiro atoms. The number of ether oxygens (including phenoxy) is 2. The lowest BCUT2D eigenvalue weighted by Crippen LogP contribution is -2.28. The highest BCUT2D eigenvalue weighted by molar-refractivity contribution is 7.89. The summed E-state index contributed by atoms with van der Waals surface area (Å²) in [6, 6.07) is 9.61. The summed E-state index contributed by atoms with van der Waals surface area (Å²) in [6.45, 7) is 1.51. The minimum Gasteiger partial charge on any atom is -0.497 e. The lowest BCUT2D eigenvalue weighted by Gasteiger charge is -2.28. The highest BCUT2D eigenvalue weighted by atomic mass is 32.2. The zero-order valence-corrected chi connectivity index (χ0v) is 19.0. The fraction of sp³-hybridized carbons (Fsp3) is 0.455. The third-order valence-electron chi connectivity index (χ3n) is 6.20. The second-order valence-electron chi connectivity index (χ2n) is 7.98. The van der Waals surface area contributed by atoms with E-state index in [0.29, 0.717) is 36.8 Å². The highest BCUT2D eigenvalue weighted by Crippen LogP contribution is 2.44. The van der Waals surface area contributed by atoms with Crippen LogP contribution in [0, 0.1) is 10.1 Å². The van der Waals surface area contributed by atoms with Gasteiger partial charge in [-0.05, 0) is 56.0 Å². The number of anilines is 1. The Kier molecular flexibility index (Phi) is 6.25. The van der Waals surface area contributed by atoms with E-state index in [1.54, 1.807) is 20.3 Å². The number of nitro groups is 1. The maximum Gasteiger partial charge on any atom is 0.293 e. The van der Waals surface area contributed by atoms with Crippen molar-refractivity contribution in [3.63, 3.8) is 0 Å². The van der Waals surface area contributed by atoms with Gasteiger partial charge >= 0.3 is 0 Å². The van der Waals surface area contributed by atoms with E-state index in [1.807, 2.05) is 23.1 Å². The third kappa shape index (κ3) is 4.00. The van der Waals surface area contributed by atoms with Crippen LogP contribution in [0.4, 0.5) is 11.4 Å². The topological polar surface area (TPSA) is 102 Å². The van der Waals surface area contributed by atoms with Gasteiger partial charge in [-0.2, -0.15) is 4.31 Å². The first-order valence-corrected chi connectivity index (χ1v) is 12.1. The first kappa shape index (κ1) is 22.3. The molecule has 32 heavy (non-hydrogen) atoms. The van der Waals surface area contributed by atoms with Crippen LogP contribution in [0.2, 0.25) is 0 Å². The molecule has 2 heterocycles. The van der Waals surface area contributed by atoms with Crippen LogP contribution in [-0.2, 0) is 10.0 Å². The van der Waals surface area contributed by atoms with Crippen LogP contribution >= 0.6 is 0 Å². The molecule has 2 aromatic carbocycles. The molecule has 2 fully saturated rings. The number of nitro benzene ring substituents is 1. The van der Waals surface area contributed by atoms with Crippen molar-refractivity contribution in [2.45, 2.75) is 36.6 Å². The number of nitrogens with zero attached hydrogens (tertiary/aromatic N) is 3. The molecular weight excluding hydrogens is 434 g/mol. The molecule has 1 atom stereocenters. The molecular formula is C22H27N3O6S. The van der Waals surface area contributed by atoms with Crippen molar-refractivity contribution in [2.75, 3.05) is 38.8 Å². The third-order valence-corrected chi connectivity index (χ3v) is 8.10. The quantitative estimate of drug-likeness (QED) is 0.457. The van der Waals surface area contributed by atoms with Crippen molar-refractivity contribution in [1.82, 2.24) is 4.31 Å². The Morgan fingerprint density at radius 3 is 2.41 bits per heavy atom. The zero-order valence-electron chi connectivity index (χ0n) is 18.2. The number of benzene rings is 2. The van der Waals surface area contributed by atoms with Gasteiger partial charge in [-0.3, -0.25) is 10.1 Å². The first-order valence-electron chi connectivity index (χ1n) is 10.6. The molecule has 0 amide bonds. The maximum atomic E-state index is 12.9. The number of methoxy groups -OCH3 is 2. The van der Waals surface area contributed by atoms with Gasteiger partial charge in [0.15, 0.2) is 0 Å². The number of rotatable bonds is 7. The Morgan fingerprint density at radius 2 is 1.75 bits per heavy atom. The van der Waals surface area contributed by atoms with Gasteiger partial charge in [0.1, 0.15) is 17.2 Å². The number of sulfonamides is 1. The van der Waals surface area contributed by atoms with Gasteiger partial charge in [-0.1, -0.05) is 0 Å². The molecule has 4 rings (SSSR count). The fourth-order valence-corrected chi connectivity index (χ4v) is 6.15. The normalized spacial score (nSPS) is 19.3. The van der Waals surface area contributed by atoms with E-state index in [1.165, 1.54) is 16.4 Å². The Morgan fingerprint density at radius 1 is 1.00 bits per heavy atom. The molecule has 0 aliphatic carbocycles. The SMILES string of the molecule is COc1ccc(OC)c([C@H]2CCCN2c2ccc(S(=O)(=O)N3CCCC3)cc2[N+](=O)[O-])c1. The molecule has 2 aromatic rings. The average Bonchev–Trinajstić information content (AvgIpc) is 3.50. The van der Waals surface area contributed by atoms with Crippen molar-refractivity contribution in [2.24, 2.45) is 0 Å². The van der Waals surface area contributed by atoms with Crippen LogP contribution < -0.4 is 14.4 Å². The summed E-state index contributed by atoms with van der Waals surface area (Å²) in [5, 5.41) is 12.0. The van der Waals surface area contributed by atoms with Crippen LogP contribution in [0.5, 0.6) is 11.5 Å². The van der Waals surface area contributed by atoms with E-state index in [-0.39, 0.29) is 16.6 Å². The summed E-state index contributed by atoms with van der Waals surface area (Å²) >= 11 is 0. The Hall–Kier alpha value is -2.85. The van der Waals surface area contributed by atoms with Gasteiger partial charge in [0.25, 0.3) is 5.69 Å². The van der Waals surface area contributed by atoms with Gasteiger partial charge < -0.3 is 14.4 Å². The van der Waals surface area contributed by atoms with E-state index < -0.39 is 14.9 Å². The number of hydrogen-bond acceptors (Lipinski definition) is 7. The smallest absolute Gasteiger partial charge is 0.293 e. The van der Waals surface area contributed by atoms with E-state index in [0.717, 1.165) is 31.2 Å². The van der Waals surface area contributed by atoms with Crippen LogP contribution in [0.3, 0.4) is 0 Å². The molecule has 2 aliphatic rings. The van der Waals surface area contributed by atoms with Crippen molar-refractivity contribution < 1.29 is 22.8 Å². The molecule has 0 radical (unpaired) electrons. The lowest BCUT2D eigenvalue weighted by molar-refractivity contribution is -0.384. The molecule has 2 saturated heterocycles. The standard InChI is InChI=1S/C22H27N3O6S/c1-30-16-7-10-22(31-2)18(14-16)19-6-5-13-24(19)20-9-8-17(15-21(20)25(26)27)32(28,29)23-11-3-4-12-23/h7-10,14-15,19H,3-6,11-13H2,1-2H3/t19-/m1/s1. The minimum absolute atomic E-state index is 0.0374. The van der Waals surface area contributed by atoms with Crippen molar-refractivity contribution in [3.05, 3.63) is 52.1 Å². The van der Waals surface area contributed by atoms with E-state index in [9.17, 15) is 18.5 Å². The van der Waals surface area contributed by atoms with E-state index in [4.69, 9.17) is 9.47 Å². The molecule has 172 valence electrons. The van der Waals surface area contributed by atoms with Crippen LogP contribution in [-0.4, -0.2) is 51.5 Å². The second-order valence-corrected chi connectivity index (χ2v) is 9.92. The molecule has 0 saturated carbocycles. The van der Waals surface area contributed by atoms with E-state index >= 15 is 0 Å². The summed E-state index contributed by atoms with van der Waals surface area (Å²) < 4.78 is 38.2. The van der Waals surface area contributed by atoms with Gasteiger partial charge in [0.2, 0.25) is 10.0 Å². The lowest BCUT2D eigenvalue weighted by atomic mass is 10.0. The molecule has 0 aromatic heterocycles.